The minimum absolute atomic E-state index is 0.163. The molecule has 0 bridgehead atoms. The van der Waals surface area contributed by atoms with Crippen LogP contribution in [0.15, 0.2) is 24.3 Å². The molecule has 0 aliphatic rings. The van der Waals surface area contributed by atoms with Gasteiger partial charge in [-0.05, 0) is 25.7 Å². The molecule has 0 heterocycles. The monoisotopic (exact) mass is 945 g/mol. The molecule has 57 heavy (non-hydrogen) atoms. The maximum absolute atomic E-state index is 13.7. The first-order valence-electron chi connectivity index (χ1n) is 24.9. The molecular formula is C50H96O4S2Sn. The van der Waals surface area contributed by atoms with Crippen molar-refractivity contribution in [2.24, 2.45) is 11.8 Å². The van der Waals surface area contributed by atoms with Gasteiger partial charge in [0.2, 0.25) is 0 Å². The van der Waals surface area contributed by atoms with Crippen LogP contribution < -0.4 is 0 Å². The summed E-state index contributed by atoms with van der Waals surface area (Å²) >= 11 is 5.14. The maximum atomic E-state index is 13.7. The molecule has 0 aromatic heterocycles. The van der Waals surface area contributed by atoms with Crippen molar-refractivity contribution in [2.75, 3.05) is 11.5 Å². The summed E-state index contributed by atoms with van der Waals surface area (Å²) in [7, 11) is 0. The summed E-state index contributed by atoms with van der Waals surface area (Å²) in [5, 5.41) is 0. The third kappa shape index (κ3) is 35.2. The number of thiol groups is 2. The van der Waals surface area contributed by atoms with E-state index >= 15 is 0 Å². The van der Waals surface area contributed by atoms with Gasteiger partial charge in [0.15, 0.2) is 0 Å². The zero-order valence-electron chi connectivity index (χ0n) is 38.4. The summed E-state index contributed by atoms with van der Waals surface area (Å²) in [5.41, 5.74) is 0. The Morgan fingerprint density at radius 3 is 0.947 bits per heavy atom. The SMILES string of the molecule is CCCCCCCC/C=C\CCCCCCCCC(CS)C(=O)[O][Sn]([CH2]CCC)([CH2]CCC)[O]C(=O)C(CS)CCCCCCCC/C=C\CCCCCCCC. The topological polar surface area (TPSA) is 52.6 Å². The van der Waals surface area contributed by atoms with Gasteiger partial charge in [0.25, 0.3) is 0 Å². The van der Waals surface area contributed by atoms with E-state index in [4.69, 9.17) is 6.15 Å². The molecule has 0 saturated heterocycles. The van der Waals surface area contributed by atoms with E-state index in [-0.39, 0.29) is 23.8 Å². The molecule has 2 atom stereocenters. The second kappa shape index (κ2) is 44.0. The van der Waals surface area contributed by atoms with Gasteiger partial charge in [-0.25, -0.2) is 0 Å². The van der Waals surface area contributed by atoms with Crippen molar-refractivity contribution < 1.29 is 15.7 Å². The summed E-state index contributed by atoms with van der Waals surface area (Å²) in [6, 6.07) is 0. The zero-order chi connectivity index (χ0) is 41.9. The van der Waals surface area contributed by atoms with Crippen molar-refractivity contribution in [1.29, 1.82) is 0 Å². The van der Waals surface area contributed by atoms with Gasteiger partial charge in [-0.1, -0.05) is 90.2 Å². The van der Waals surface area contributed by atoms with Crippen LogP contribution in [0.4, 0.5) is 0 Å². The molecule has 0 fully saturated rings. The Bertz CT molecular complexity index is 867. The molecule has 0 aliphatic heterocycles. The molecule has 0 saturated carbocycles. The molecule has 0 amide bonds. The molecule has 0 N–H and O–H groups in total. The molecule has 0 radical (unpaired) electrons. The second-order valence-electron chi connectivity index (χ2n) is 17.2. The normalized spacial score (nSPS) is 13.2. The number of carbonyl (C=O) groups is 2. The molecule has 0 rings (SSSR count). The van der Waals surface area contributed by atoms with E-state index in [9.17, 15) is 9.59 Å². The fourth-order valence-corrected chi connectivity index (χ4v) is 18.4. The van der Waals surface area contributed by atoms with Gasteiger partial charge in [0.1, 0.15) is 0 Å². The quantitative estimate of drug-likeness (QED) is 0.0277. The Morgan fingerprint density at radius 1 is 0.404 bits per heavy atom. The van der Waals surface area contributed by atoms with Crippen LogP contribution in [0.1, 0.15) is 246 Å². The van der Waals surface area contributed by atoms with Gasteiger partial charge >= 0.3 is 259 Å². The average Bonchev–Trinajstić information content (AvgIpc) is 3.21. The molecule has 336 valence electrons. The predicted octanol–water partition coefficient (Wildman–Crippen LogP) is 17.1. The summed E-state index contributed by atoms with van der Waals surface area (Å²) < 4.78 is 14.5. The van der Waals surface area contributed by atoms with Crippen LogP contribution in [-0.2, 0) is 15.7 Å². The Labute approximate surface area is 372 Å². The summed E-state index contributed by atoms with van der Waals surface area (Å²) in [6.07, 6.45) is 50.7. The van der Waals surface area contributed by atoms with Crippen molar-refractivity contribution in [1.82, 2.24) is 0 Å². The predicted molar refractivity (Wildman–Crippen MR) is 260 cm³/mol. The molecule has 0 aliphatic carbocycles. The van der Waals surface area contributed by atoms with E-state index in [2.05, 4.69) is 77.3 Å². The third-order valence-electron chi connectivity index (χ3n) is 11.6. The van der Waals surface area contributed by atoms with Gasteiger partial charge in [0.05, 0.1) is 0 Å². The van der Waals surface area contributed by atoms with Gasteiger partial charge < -0.3 is 0 Å². The van der Waals surface area contributed by atoms with Gasteiger partial charge in [-0.15, -0.1) is 0 Å². The fourth-order valence-electron chi connectivity index (χ4n) is 7.62. The van der Waals surface area contributed by atoms with Gasteiger partial charge in [-0.2, -0.15) is 0 Å². The number of rotatable bonds is 44. The third-order valence-corrected chi connectivity index (χ3v) is 22.2. The molecule has 0 spiro atoms. The summed E-state index contributed by atoms with van der Waals surface area (Å²) in [6.45, 7) is 8.88. The zero-order valence-corrected chi connectivity index (χ0v) is 43.0. The first-order chi connectivity index (χ1) is 27.9. The van der Waals surface area contributed by atoms with E-state index in [1.807, 2.05) is 0 Å². The van der Waals surface area contributed by atoms with Crippen molar-refractivity contribution in [2.45, 2.75) is 255 Å². The Hall–Kier alpha value is -0.0813. The van der Waals surface area contributed by atoms with Crippen LogP contribution in [-0.4, -0.2) is 42.6 Å². The minimum Gasteiger partial charge on any atom is -0.0885 e. The standard InChI is InChI=1S/2C21H40O2S.2C4H9.Sn/c2*1-2-3-4-5-6-7-8-9-10-11-12-13-14-15-16-17-18-20(19-24)21(22)23;2*1-3-4-2;/h2*9-10,20,24H,2-8,11-19H2,1H3,(H,22,23);2*1,3-4H2,2H3;/q;;;;+2/p-2/b2*10-9-;;;. The summed E-state index contributed by atoms with van der Waals surface area (Å²) in [4.78, 5) is 27.5. The van der Waals surface area contributed by atoms with E-state index in [0.29, 0.717) is 11.5 Å². The van der Waals surface area contributed by atoms with E-state index < -0.39 is 19.2 Å². The van der Waals surface area contributed by atoms with E-state index in [1.54, 1.807) is 0 Å². The first-order valence-corrected chi connectivity index (χ1v) is 32.5. The minimum atomic E-state index is -4.05. The molecule has 0 aromatic carbocycles. The van der Waals surface area contributed by atoms with Crippen LogP contribution in [0.2, 0.25) is 8.87 Å². The Balaban J connectivity index is 4.64. The number of hydrogen-bond donors (Lipinski definition) is 2. The molecule has 7 heteroatoms. The number of hydrogen-bond acceptors (Lipinski definition) is 6. The summed E-state index contributed by atoms with van der Waals surface area (Å²) in [5.74, 6) is 0.177. The number of allylic oxidation sites excluding steroid dienone is 4. The second-order valence-corrected chi connectivity index (χ2v) is 27.1. The van der Waals surface area contributed by atoms with Crippen molar-refractivity contribution >= 4 is 56.4 Å². The number of unbranched alkanes of at least 4 members (excludes halogenated alkanes) is 26. The van der Waals surface area contributed by atoms with E-state index in [0.717, 1.165) is 73.1 Å². The smallest absolute Gasteiger partial charge is 0.0885 e. The van der Waals surface area contributed by atoms with Crippen molar-refractivity contribution in [3.8, 4) is 0 Å². The fraction of sp³-hybridized carbons (Fsp3) is 0.880. The molecule has 2 unspecified atom stereocenters. The van der Waals surface area contributed by atoms with Crippen molar-refractivity contribution in [3.63, 3.8) is 0 Å². The molecular weight excluding hydrogens is 847 g/mol. The Kier molecular flexibility index (Phi) is 43.9. The molecule has 4 nitrogen and oxygen atoms in total. The van der Waals surface area contributed by atoms with Crippen LogP contribution in [0.5, 0.6) is 0 Å². The first kappa shape index (κ1) is 56.9. The van der Waals surface area contributed by atoms with Crippen LogP contribution in [0.3, 0.4) is 0 Å². The number of carbonyl (C=O) groups excluding carboxylic acids is 2. The van der Waals surface area contributed by atoms with Gasteiger partial charge in [-0.3, -0.25) is 0 Å². The molecule has 0 aromatic rings. The van der Waals surface area contributed by atoms with Gasteiger partial charge in [0, 0.05) is 0 Å². The van der Waals surface area contributed by atoms with Crippen LogP contribution in [0, 0.1) is 11.8 Å². The average molecular weight is 944 g/mol. The van der Waals surface area contributed by atoms with E-state index in [1.165, 1.54) is 154 Å². The van der Waals surface area contributed by atoms with Crippen LogP contribution in [0.25, 0.3) is 0 Å². The van der Waals surface area contributed by atoms with Crippen LogP contribution >= 0.6 is 25.3 Å². The Morgan fingerprint density at radius 2 is 0.667 bits per heavy atom. The van der Waals surface area contributed by atoms with Crippen molar-refractivity contribution in [3.05, 3.63) is 24.3 Å².